The van der Waals surface area contributed by atoms with Gasteiger partial charge in [-0.3, -0.25) is 4.79 Å². The Morgan fingerprint density at radius 1 is 1.47 bits per heavy atom. The molecule has 1 amide bonds. The highest BCUT2D eigenvalue weighted by molar-refractivity contribution is 5.93. The van der Waals surface area contributed by atoms with Gasteiger partial charge in [-0.1, -0.05) is 12.1 Å². The maximum atomic E-state index is 12.0. The minimum Gasteiger partial charge on any atom is -0.506 e. The molecule has 1 aromatic carbocycles. The Morgan fingerprint density at radius 2 is 2.24 bits per heavy atom. The van der Waals surface area contributed by atoms with Gasteiger partial charge in [0.05, 0.1) is 5.69 Å². The number of carbonyl (C=O) groups is 1. The summed E-state index contributed by atoms with van der Waals surface area (Å²) in [7, 11) is 0. The number of nitrogens with one attached hydrogen (secondary N) is 2. The summed E-state index contributed by atoms with van der Waals surface area (Å²) in [6, 6.07) is 7.18. The van der Waals surface area contributed by atoms with Crippen molar-refractivity contribution in [1.82, 2.24) is 5.32 Å². The number of anilines is 1. The number of phenols is 1. The summed E-state index contributed by atoms with van der Waals surface area (Å²) >= 11 is 0. The van der Waals surface area contributed by atoms with Crippen molar-refractivity contribution >= 4 is 11.6 Å². The van der Waals surface area contributed by atoms with Crippen molar-refractivity contribution in [1.29, 1.82) is 0 Å². The van der Waals surface area contributed by atoms with Crippen LogP contribution < -0.4 is 10.6 Å². The fourth-order valence-corrected chi connectivity index (χ4v) is 2.18. The molecule has 1 aromatic rings. The molecule has 4 nitrogen and oxygen atoms in total. The summed E-state index contributed by atoms with van der Waals surface area (Å²) in [4.78, 5) is 12.0. The van der Waals surface area contributed by atoms with Crippen molar-refractivity contribution in [3.05, 3.63) is 24.3 Å². The average molecular weight is 234 g/mol. The molecule has 1 aliphatic heterocycles. The van der Waals surface area contributed by atoms with Crippen molar-refractivity contribution in [3.63, 3.8) is 0 Å². The zero-order chi connectivity index (χ0) is 12.3. The molecule has 4 heteroatoms. The number of rotatable bonds is 2. The Hall–Kier alpha value is -1.55. The van der Waals surface area contributed by atoms with Gasteiger partial charge in [-0.15, -0.1) is 0 Å². The van der Waals surface area contributed by atoms with Crippen molar-refractivity contribution < 1.29 is 9.90 Å². The maximum Gasteiger partial charge on any atom is 0.227 e. The number of para-hydroxylation sites is 2. The molecule has 3 N–H and O–H groups in total. The molecule has 0 aromatic heterocycles. The van der Waals surface area contributed by atoms with E-state index in [2.05, 4.69) is 17.6 Å². The van der Waals surface area contributed by atoms with Gasteiger partial charge in [0.1, 0.15) is 5.75 Å². The van der Waals surface area contributed by atoms with Gasteiger partial charge in [-0.2, -0.15) is 0 Å². The quantitative estimate of drug-likeness (QED) is 0.683. The van der Waals surface area contributed by atoms with E-state index in [0.29, 0.717) is 11.7 Å². The molecule has 1 fully saturated rings. The molecule has 0 bridgehead atoms. The predicted octanol–water partition coefficient (Wildman–Crippen LogP) is 1.72. The van der Waals surface area contributed by atoms with Gasteiger partial charge in [0.2, 0.25) is 5.91 Å². The van der Waals surface area contributed by atoms with Gasteiger partial charge < -0.3 is 15.7 Å². The lowest BCUT2D eigenvalue weighted by Crippen LogP contribution is -2.40. The molecule has 2 atom stereocenters. The first-order chi connectivity index (χ1) is 8.16. The van der Waals surface area contributed by atoms with E-state index >= 15 is 0 Å². The van der Waals surface area contributed by atoms with Crippen LogP contribution in [0.2, 0.25) is 0 Å². The summed E-state index contributed by atoms with van der Waals surface area (Å²) < 4.78 is 0. The van der Waals surface area contributed by atoms with Gasteiger partial charge in [0.15, 0.2) is 0 Å². The summed E-state index contributed by atoms with van der Waals surface area (Å²) in [5.74, 6) is 0.147. The number of hydrogen-bond donors (Lipinski definition) is 3. The zero-order valence-electron chi connectivity index (χ0n) is 9.94. The van der Waals surface area contributed by atoms with E-state index in [4.69, 9.17) is 0 Å². The largest absolute Gasteiger partial charge is 0.506 e. The fourth-order valence-electron chi connectivity index (χ4n) is 2.18. The number of benzene rings is 1. The van der Waals surface area contributed by atoms with Crippen LogP contribution in [0, 0.1) is 5.92 Å². The van der Waals surface area contributed by atoms with E-state index in [1.165, 1.54) is 0 Å². The van der Waals surface area contributed by atoms with Gasteiger partial charge in [0, 0.05) is 12.0 Å². The Bertz CT molecular complexity index is 406. The molecule has 0 spiro atoms. The number of amides is 1. The standard InChI is InChI=1S/C13H18N2O2/c1-9-8-10(6-7-14-9)13(17)15-11-4-2-3-5-12(11)16/h2-5,9-10,14,16H,6-8H2,1H3,(H,15,17). The molecule has 17 heavy (non-hydrogen) atoms. The van der Waals surface area contributed by atoms with Crippen LogP contribution in [0.1, 0.15) is 19.8 Å². The highest BCUT2D eigenvalue weighted by Gasteiger charge is 2.24. The Morgan fingerprint density at radius 3 is 2.94 bits per heavy atom. The van der Waals surface area contributed by atoms with Crippen LogP contribution >= 0.6 is 0 Å². The Balaban J connectivity index is 1.99. The second kappa shape index (κ2) is 5.19. The smallest absolute Gasteiger partial charge is 0.227 e. The molecule has 2 unspecified atom stereocenters. The normalized spacial score (nSPS) is 24.3. The lowest BCUT2D eigenvalue weighted by molar-refractivity contribution is -0.120. The van der Waals surface area contributed by atoms with Crippen molar-refractivity contribution in [2.75, 3.05) is 11.9 Å². The van der Waals surface area contributed by atoms with Gasteiger partial charge in [-0.25, -0.2) is 0 Å². The Kier molecular flexibility index (Phi) is 3.64. The third kappa shape index (κ3) is 2.97. The van der Waals surface area contributed by atoms with Gasteiger partial charge in [0.25, 0.3) is 0 Å². The minimum absolute atomic E-state index is 0.000139. The third-order valence-corrected chi connectivity index (χ3v) is 3.16. The third-order valence-electron chi connectivity index (χ3n) is 3.16. The van der Waals surface area contributed by atoms with E-state index in [9.17, 15) is 9.90 Å². The molecular weight excluding hydrogens is 216 g/mol. The van der Waals surface area contributed by atoms with E-state index in [1.54, 1.807) is 24.3 Å². The first-order valence-electron chi connectivity index (χ1n) is 5.99. The second-order valence-corrected chi connectivity index (χ2v) is 4.58. The first-order valence-corrected chi connectivity index (χ1v) is 5.99. The highest BCUT2D eigenvalue weighted by atomic mass is 16.3. The fraction of sp³-hybridized carbons (Fsp3) is 0.462. The second-order valence-electron chi connectivity index (χ2n) is 4.58. The molecule has 0 radical (unpaired) electrons. The SMILES string of the molecule is CC1CC(C(=O)Nc2ccccc2O)CCN1. The molecular formula is C13H18N2O2. The zero-order valence-corrected chi connectivity index (χ0v) is 9.94. The van der Waals surface area contributed by atoms with Gasteiger partial charge >= 0.3 is 0 Å². The highest BCUT2D eigenvalue weighted by Crippen LogP contribution is 2.24. The lowest BCUT2D eigenvalue weighted by atomic mass is 9.92. The molecule has 92 valence electrons. The van der Waals surface area contributed by atoms with Crippen LogP contribution in [0.3, 0.4) is 0 Å². The molecule has 1 heterocycles. The van der Waals surface area contributed by atoms with E-state index in [0.717, 1.165) is 19.4 Å². The van der Waals surface area contributed by atoms with E-state index in [1.807, 2.05) is 0 Å². The lowest BCUT2D eigenvalue weighted by Gasteiger charge is -2.27. The first kappa shape index (κ1) is 11.9. The number of hydrogen-bond acceptors (Lipinski definition) is 3. The molecule has 1 saturated heterocycles. The maximum absolute atomic E-state index is 12.0. The average Bonchev–Trinajstić information content (AvgIpc) is 2.32. The summed E-state index contributed by atoms with van der Waals surface area (Å²) in [5, 5.41) is 15.7. The van der Waals surface area contributed by atoms with E-state index < -0.39 is 0 Å². The van der Waals surface area contributed by atoms with Crippen LogP contribution in [0.5, 0.6) is 5.75 Å². The van der Waals surface area contributed by atoms with Gasteiger partial charge in [-0.05, 0) is 38.4 Å². The van der Waals surface area contributed by atoms with Crippen molar-refractivity contribution in [2.24, 2.45) is 5.92 Å². The molecule has 1 aliphatic rings. The summed E-state index contributed by atoms with van der Waals surface area (Å²) in [6.45, 7) is 2.96. The molecule has 0 aliphatic carbocycles. The van der Waals surface area contributed by atoms with Crippen LogP contribution in [0.15, 0.2) is 24.3 Å². The van der Waals surface area contributed by atoms with Crippen LogP contribution in [0.4, 0.5) is 5.69 Å². The van der Waals surface area contributed by atoms with Crippen molar-refractivity contribution in [3.8, 4) is 5.75 Å². The molecule has 2 rings (SSSR count). The predicted molar refractivity (Wildman–Crippen MR) is 66.9 cm³/mol. The molecule has 0 saturated carbocycles. The van der Waals surface area contributed by atoms with Crippen molar-refractivity contribution in [2.45, 2.75) is 25.8 Å². The number of aromatic hydroxyl groups is 1. The summed E-state index contributed by atoms with van der Waals surface area (Å²) in [6.07, 6.45) is 1.70. The summed E-state index contributed by atoms with van der Waals surface area (Å²) in [5.41, 5.74) is 0.490. The number of phenolic OH excluding ortho intramolecular Hbond substituents is 1. The van der Waals surface area contributed by atoms with Crippen LogP contribution in [-0.2, 0) is 4.79 Å². The number of carbonyl (C=O) groups excluding carboxylic acids is 1. The van der Waals surface area contributed by atoms with Crippen LogP contribution in [0.25, 0.3) is 0 Å². The topological polar surface area (TPSA) is 61.4 Å². The number of piperidine rings is 1. The van der Waals surface area contributed by atoms with Crippen LogP contribution in [-0.4, -0.2) is 23.6 Å². The monoisotopic (exact) mass is 234 g/mol. The Labute approximate surface area is 101 Å². The minimum atomic E-state index is -0.000139. The van der Waals surface area contributed by atoms with E-state index in [-0.39, 0.29) is 17.6 Å².